The minimum atomic E-state index is -0.888. The summed E-state index contributed by atoms with van der Waals surface area (Å²) < 4.78 is 17.2. The van der Waals surface area contributed by atoms with Crippen molar-refractivity contribution in [3.05, 3.63) is 0 Å². The van der Waals surface area contributed by atoms with Gasteiger partial charge in [-0.1, -0.05) is 13.8 Å². The van der Waals surface area contributed by atoms with Gasteiger partial charge in [0.25, 0.3) is 0 Å². The topological polar surface area (TPSA) is 27.7 Å². The van der Waals surface area contributed by atoms with E-state index >= 15 is 0 Å². The van der Waals surface area contributed by atoms with Crippen LogP contribution in [-0.4, -0.2) is 36.2 Å². The van der Waals surface area contributed by atoms with Crippen LogP contribution in [0.3, 0.4) is 0 Å². The Labute approximate surface area is 138 Å². The van der Waals surface area contributed by atoms with E-state index in [4.69, 9.17) is 14.2 Å². The monoisotopic (exact) mass is 343 g/mol. The number of rotatable bonds is 15. The third-order valence-corrected chi connectivity index (χ3v) is 5.02. The Morgan fingerprint density at radius 1 is 0.571 bits per heavy atom. The van der Waals surface area contributed by atoms with E-state index < -0.39 is 14.1 Å². The minimum absolute atomic E-state index is 0.887. The number of hydrogen-bond donors (Lipinski definition) is 0. The Morgan fingerprint density at radius 3 is 1.10 bits per heavy atom. The van der Waals surface area contributed by atoms with Crippen LogP contribution in [0.5, 0.6) is 0 Å². The first-order valence-electron chi connectivity index (χ1n) is 8.72. The van der Waals surface area contributed by atoms with Crippen molar-refractivity contribution in [1.82, 2.24) is 0 Å². The number of ether oxygens (including phenoxy) is 3. The van der Waals surface area contributed by atoms with Crippen molar-refractivity contribution >= 4 is 0 Å². The summed E-state index contributed by atoms with van der Waals surface area (Å²) in [4.78, 5) is 0. The zero-order valence-electron chi connectivity index (χ0n) is 15.1. The Balaban J connectivity index is 0. The summed E-state index contributed by atoms with van der Waals surface area (Å²) in [5, 5.41) is 0. The van der Waals surface area contributed by atoms with E-state index in [-0.39, 0.29) is 0 Å². The average Bonchev–Trinajstić information content (AvgIpc) is 2.53. The summed E-state index contributed by atoms with van der Waals surface area (Å²) in [5.41, 5.74) is 2.66. The van der Waals surface area contributed by atoms with Gasteiger partial charge in [0.1, 0.15) is 0 Å². The molecule has 131 valence electrons. The Bertz CT molecular complexity index is 140. The second-order valence-corrected chi connectivity index (χ2v) is 7.77. The van der Waals surface area contributed by atoms with Crippen molar-refractivity contribution in [3.63, 3.8) is 0 Å². The predicted octanol–water partition coefficient (Wildman–Crippen LogP) is 4.95. The maximum absolute atomic E-state index is 5.75. The second-order valence-electron chi connectivity index (χ2n) is 4.75. The standard InChI is InChI=1S/3C5H11O.C2H6.Cr/c3*1-3-4-5-6-2;1-2;/h3*2-5H2,1H3;1-2H3;. The molecular formula is C17H39CrO3. The molecule has 3 nitrogen and oxygen atoms in total. The maximum atomic E-state index is 5.75. The SMILES string of the molecule is CC.CCCCO[CH2][Cr]([CH2]OCCCC)[CH2]OCCCC. The van der Waals surface area contributed by atoms with Gasteiger partial charge in [0.2, 0.25) is 0 Å². The third-order valence-electron chi connectivity index (χ3n) is 2.68. The molecule has 0 aromatic carbocycles. The van der Waals surface area contributed by atoms with Gasteiger partial charge in [-0.05, 0) is 0 Å². The van der Waals surface area contributed by atoms with Crippen LogP contribution in [-0.2, 0) is 28.4 Å². The van der Waals surface area contributed by atoms with Gasteiger partial charge in [-0.3, -0.25) is 0 Å². The summed E-state index contributed by atoms with van der Waals surface area (Å²) in [6, 6.07) is 0. The fraction of sp³-hybridized carbons (Fsp3) is 1.00. The van der Waals surface area contributed by atoms with Crippen LogP contribution in [0.4, 0.5) is 0 Å². The van der Waals surface area contributed by atoms with Crippen LogP contribution in [0.1, 0.15) is 73.1 Å². The second kappa shape index (κ2) is 22.7. The zero-order valence-corrected chi connectivity index (χ0v) is 16.4. The zero-order chi connectivity index (χ0) is 16.2. The first-order valence-corrected chi connectivity index (χ1v) is 11.4. The van der Waals surface area contributed by atoms with E-state index in [0.29, 0.717) is 0 Å². The van der Waals surface area contributed by atoms with E-state index in [2.05, 4.69) is 20.8 Å². The van der Waals surface area contributed by atoms with E-state index in [1.54, 1.807) is 0 Å². The molecule has 0 aromatic heterocycles. The van der Waals surface area contributed by atoms with Crippen LogP contribution in [0, 0.1) is 0 Å². The predicted molar refractivity (Wildman–Crippen MR) is 88.5 cm³/mol. The Kier molecular flexibility index (Phi) is 25.6. The molecule has 0 N–H and O–H groups in total. The van der Waals surface area contributed by atoms with Gasteiger partial charge in [0.05, 0.1) is 0 Å². The van der Waals surface area contributed by atoms with Gasteiger partial charge in [-0.2, -0.15) is 0 Å². The molecule has 0 aliphatic carbocycles. The molecule has 0 saturated carbocycles. The van der Waals surface area contributed by atoms with E-state index in [1.165, 1.54) is 19.3 Å². The van der Waals surface area contributed by atoms with E-state index in [0.717, 1.165) is 55.5 Å². The van der Waals surface area contributed by atoms with Crippen molar-refractivity contribution in [2.45, 2.75) is 73.1 Å². The van der Waals surface area contributed by atoms with Crippen molar-refractivity contribution in [2.24, 2.45) is 0 Å². The van der Waals surface area contributed by atoms with Crippen LogP contribution in [0.15, 0.2) is 0 Å². The Morgan fingerprint density at radius 2 is 0.857 bits per heavy atom. The quantitative estimate of drug-likeness (QED) is 0.394. The molecular weight excluding hydrogens is 304 g/mol. The van der Waals surface area contributed by atoms with Crippen molar-refractivity contribution in [1.29, 1.82) is 0 Å². The van der Waals surface area contributed by atoms with Gasteiger partial charge in [0, 0.05) is 0 Å². The summed E-state index contributed by atoms with van der Waals surface area (Å²) in [5.74, 6) is 0. The first kappa shape index (κ1) is 23.7. The fourth-order valence-corrected chi connectivity index (χ4v) is 3.35. The number of unbranched alkanes of at least 4 members (excludes halogenated alkanes) is 3. The van der Waals surface area contributed by atoms with E-state index in [1.807, 2.05) is 13.8 Å². The van der Waals surface area contributed by atoms with Gasteiger partial charge < -0.3 is 0 Å². The third kappa shape index (κ3) is 20.4. The van der Waals surface area contributed by atoms with Crippen LogP contribution in [0.25, 0.3) is 0 Å². The van der Waals surface area contributed by atoms with Gasteiger partial charge >= 0.3 is 124 Å². The van der Waals surface area contributed by atoms with Crippen LogP contribution < -0.4 is 0 Å². The van der Waals surface area contributed by atoms with Gasteiger partial charge in [0.15, 0.2) is 0 Å². The van der Waals surface area contributed by atoms with E-state index in [9.17, 15) is 0 Å². The van der Waals surface area contributed by atoms with Crippen LogP contribution >= 0.6 is 0 Å². The van der Waals surface area contributed by atoms with Gasteiger partial charge in [-0.15, -0.1) is 0 Å². The molecule has 0 spiro atoms. The molecule has 0 rings (SSSR count). The molecule has 0 aliphatic heterocycles. The number of hydrogen-bond acceptors (Lipinski definition) is 3. The molecule has 4 heteroatoms. The molecule has 0 aromatic rings. The Hall–Kier alpha value is 0.412. The van der Waals surface area contributed by atoms with Gasteiger partial charge in [-0.25, -0.2) is 0 Å². The molecule has 0 aliphatic rings. The molecule has 21 heavy (non-hydrogen) atoms. The average molecular weight is 343 g/mol. The molecule has 0 atom stereocenters. The summed E-state index contributed by atoms with van der Waals surface area (Å²) in [6.07, 6.45) is 7.07. The molecule has 0 saturated heterocycles. The first-order chi connectivity index (χ1) is 10.3. The van der Waals surface area contributed by atoms with Crippen molar-refractivity contribution in [2.75, 3.05) is 36.2 Å². The van der Waals surface area contributed by atoms with Crippen LogP contribution in [0.2, 0.25) is 0 Å². The molecule has 0 fully saturated rings. The van der Waals surface area contributed by atoms with Crippen molar-refractivity contribution in [3.8, 4) is 0 Å². The molecule has 0 radical (unpaired) electrons. The molecule has 0 unspecified atom stereocenters. The summed E-state index contributed by atoms with van der Waals surface area (Å²) >= 11 is -0.888. The van der Waals surface area contributed by atoms with Crippen molar-refractivity contribution < 1.29 is 28.4 Å². The molecule has 0 heterocycles. The summed E-state index contributed by atoms with van der Waals surface area (Å²) in [7, 11) is 0. The molecule has 0 amide bonds. The summed E-state index contributed by atoms with van der Waals surface area (Å²) in [6.45, 7) is 13.2. The normalized spacial score (nSPS) is 10.6. The fourth-order valence-electron chi connectivity index (χ4n) is 1.37. The molecule has 0 bridgehead atoms.